The highest BCUT2D eigenvalue weighted by atomic mass is 16.3. The number of nitrogens with zero attached hydrogens (tertiary/aromatic N) is 7. The average Bonchev–Trinajstić information content (AvgIpc) is 3.48. The van der Waals surface area contributed by atoms with E-state index in [2.05, 4.69) is 74.0 Å². The zero-order valence-corrected chi connectivity index (χ0v) is 29.9. The van der Waals surface area contributed by atoms with Crippen molar-refractivity contribution in [3.05, 3.63) is 65.3 Å². The fourth-order valence-corrected chi connectivity index (χ4v) is 5.48. The van der Waals surface area contributed by atoms with Crippen LogP contribution in [-0.4, -0.2) is 87.5 Å². The van der Waals surface area contributed by atoms with Crippen LogP contribution in [-0.2, 0) is 22.4 Å². The number of azo groups is 1. The Morgan fingerprint density at radius 2 is 1.54 bits per heavy atom. The van der Waals surface area contributed by atoms with Crippen molar-refractivity contribution in [2.45, 2.75) is 66.7 Å². The van der Waals surface area contributed by atoms with E-state index in [1.807, 2.05) is 12.1 Å². The lowest BCUT2D eigenvalue weighted by atomic mass is 10.1. The van der Waals surface area contributed by atoms with Crippen LogP contribution in [0.4, 0.5) is 34.6 Å². The van der Waals surface area contributed by atoms with E-state index in [1.165, 1.54) is 6.92 Å². The number of hydrogen-bond donors (Lipinski definition) is 5. The molecule has 0 saturated carbocycles. The monoisotopic (exact) mass is 685 g/mol. The number of aryl methyl sites for hydroxylation is 1. The molecule has 0 bridgehead atoms. The molecule has 3 aromatic rings. The van der Waals surface area contributed by atoms with Crippen molar-refractivity contribution in [2.75, 3.05) is 67.1 Å². The number of fused-ring (bicyclic) bond motifs is 1. The summed E-state index contributed by atoms with van der Waals surface area (Å²) >= 11 is 0. The Balaban J connectivity index is 1.40. The fourth-order valence-electron chi connectivity index (χ4n) is 5.48. The molecular weight excluding hydrogens is 634 g/mol. The van der Waals surface area contributed by atoms with E-state index in [0.29, 0.717) is 35.4 Å². The topological polar surface area (TPSA) is 172 Å². The van der Waals surface area contributed by atoms with E-state index < -0.39 is 5.91 Å². The summed E-state index contributed by atoms with van der Waals surface area (Å²) in [7, 11) is 0. The minimum Gasteiger partial charge on any atom is -0.510 e. The first kappa shape index (κ1) is 37.9. The normalized spacial score (nSPS) is 13.1. The first-order valence-electron chi connectivity index (χ1n) is 17.6. The van der Waals surface area contributed by atoms with Gasteiger partial charge < -0.3 is 36.2 Å². The molecule has 0 saturated heterocycles. The van der Waals surface area contributed by atoms with Crippen LogP contribution in [0.1, 0.15) is 65.3 Å². The number of aliphatic hydroxyl groups excluding tert-OH is 1. The molecule has 0 spiro atoms. The predicted octanol–water partition coefficient (Wildman–Crippen LogP) is 6.43. The molecule has 0 atom stereocenters. The van der Waals surface area contributed by atoms with Gasteiger partial charge in [-0.25, -0.2) is 0 Å². The van der Waals surface area contributed by atoms with Crippen molar-refractivity contribution in [3.8, 4) is 0 Å². The third-order valence-electron chi connectivity index (χ3n) is 8.47. The largest absolute Gasteiger partial charge is 0.510 e. The number of anilines is 5. The van der Waals surface area contributed by atoms with Crippen LogP contribution in [0, 0.1) is 0 Å². The maximum absolute atomic E-state index is 12.9. The SMILES string of the molecule is CCN(CC)CCCCc1nc(NCCCN(CC)CC)nc(Nc2ccc(N=NC(C(=O)Nc3ccc4c(c3)NC(=O)C4)=C(C)O)cc2)n1. The number of aromatic nitrogens is 3. The number of carbonyl (C=O) groups excluding carboxylic acids is 2. The van der Waals surface area contributed by atoms with Gasteiger partial charge >= 0.3 is 0 Å². The summed E-state index contributed by atoms with van der Waals surface area (Å²) in [6, 6.07) is 12.2. The van der Waals surface area contributed by atoms with E-state index in [1.54, 1.807) is 30.3 Å². The molecule has 50 heavy (non-hydrogen) atoms. The van der Waals surface area contributed by atoms with Crippen LogP contribution in [0.5, 0.6) is 0 Å². The minimum atomic E-state index is -0.632. The maximum atomic E-state index is 12.9. The molecule has 2 amide bonds. The summed E-state index contributed by atoms with van der Waals surface area (Å²) in [5.41, 5.74) is 2.94. The highest BCUT2D eigenvalue weighted by Gasteiger charge is 2.19. The number of nitrogens with one attached hydrogen (secondary N) is 4. The number of benzene rings is 2. The summed E-state index contributed by atoms with van der Waals surface area (Å²) in [6.07, 6.45) is 4.09. The van der Waals surface area contributed by atoms with Gasteiger partial charge in [0.2, 0.25) is 17.8 Å². The molecule has 1 aromatic heterocycles. The molecule has 0 aliphatic carbocycles. The Morgan fingerprint density at radius 3 is 2.22 bits per heavy atom. The summed E-state index contributed by atoms with van der Waals surface area (Å²) in [5, 5.41) is 30.5. The summed E-state index contributed by atoms with van der Waals surface area (Å²) in [6.45, 7) is 17.1. The molecule has 1 aliphatic heterocycles. The van der Waals surface area contributed by atoms with Gasteiger partial charge in [-0.3, -0.25) is 9.59 Å². The highest BCUT2D eigenvalue weighted by molar-refractivity contribution is 6.05. The van der Waals surface area contributed by atoms with Gasteiger partial charge in [0.15, 0.2) is 5.70 Å². The summed E-state index contributed by atoms with van der Waals surface area (Å²) < 4.78 is 0. The first-order chi connectivity index (χ1) is 24.2. The van der Waals surface area contributed by atoms with Gasteiger partial charge in [-0.2, -0.15) is 20.1 Å². The molecule has 0 radical (unpaired) electrons. The van der Waals surface area contributed by atoms with Gasteiger partial charge in [-0.15, -0.1) is 5.11 Å². The maximum Gasteiger partial charge on any atom is 0.279 e. The Bertz CT molecular complexity index is 1590. The molecule has 14 heteroatoms. The second kappa shape index (κ2) is 19.3. The van der Waals surface area contributed by atoms with E-state index in [4.69, 9.17) is 9.97 Å². The van der Waals surface area contributed by atoms with E-state index >= 15 is 0 Å². The molecule has 0 unspecified atom stereocenters. The number of aliphatic hydroxyl groups is 1. The van der Waals surface area contributed by atoms with Crippen LogP contribution < -0.4 is 21.3 Å². The molecule has 0 fully saturated rings. The number of hydrogen-bond acceptors (Lipinski definition) is 12. The molecule has 4 rings (SSSR count). The molecule has 1 aliphatic rings. The summed E-state index contributed by atoms with van der Waals surface area (Å²) in [4.78, 5) is 43.5. The van der Waals surface area contributed by atoms with Gasteiger partial charge in [0, 0.05) is 30.0 Å². The lowest BCUT2D eigenvalue weighted by Gasteiger charge is -2.18. The van der Waals surface area contributed by atoms with Crippen molar-refractivity contribution < 1.29 is 14.7 Å². The van der Waals surface area contributed by atoms with Crippen LogP contribution >= 0.6 is 0 Å². The van der Waals surface area contributed by atoms with Crippen molar-refractivity contribution >= 4 is 46.5 Å². The Morgan fingerprint density at radius 1 is 0.880 bits per heavy atom. The Hall–Kier alpha value is -4.95. The summed E-state index contributed by atoms with van der Waals surface area (Å²) in [5.74, 6) is 0.720. The Labute approximate surface area is 294 Å². The quantitative estimate of drug-likeness (QED) is 0.0386. The third-order valence-corrected chi connectivity index (χ3v) is 8.47. The van der Waals surface area contributed by atoms with Crippen LogP contribution in [0.3, 0.4) is 0 Å². The van der Waals surface area contributed by atoms with Gasteiger partial charge in [-0.05, 0) is 107 Å². The van der Waals surface area contributed by atoms with Crippen molar-refractivity contribution in [2.24, 2.45) is 10.2 Å². The fraction of sp³-hybridized carbons (Fsp3) is 0.472. The number of rotatable bonds is 20. The van der Waals surface area contributed by atoms with Gasteiger partial charge in [0.05, 0.1) is 12.1 Å². The molecule has 2 aromatic carbocycles. The number of carbonyl (C=O) groups is 2. The minimum absolute atomic E-state index is 0.0983. The van der Waals surface area contributed by atoms with Crippen molar-refractivity contribution in [1.29, 1.82) is 0 Å². The molecule has 268 valence electrons. The van der Waals surface area contributed by atoms with E-state index in [9.17, 15) is 14.7 Å². The second-order valence-electron chi connectivity index (χ2n) is 12.0. The third kappa shape index (κ3) is 11.6. The standard InChI is InChI=1S/C36H51N11O3/c1-6-46(7-2)21-11-10-13-31-41-35(37-20-12-22-47(8-3)9-4)43-36(42-31)39-27-16-18-28(19-17-27)44-45-33(25(5)48)34(50)38-29-15-14-26-23-32(49)40-30(26)24-29/h14-19,24,48H,6-13,20-23H2,1-5H3,(H,38,50)(H,40,49)(H2,37,39,41,42,43). The molecular formula is C36H51N11O3. The lowest BCUT2D eigenvalue weighted by Crippen LogP contribution is -2.25. The molecule has 5 N–H and O–H groups in total. The number of unbranched alkanes of at least 4 members (excludes halogenated alkanes) is 1. The van der Waals surface area contributed by atoms with Crippen LogP contribution in [0.25, 0.3) is 0 Å². The van der Waals surface area contributed by atoms with Crippen molar-refractivity contribution in [1.82, 2.24) is 24.8 Å². The highest BCUT2D eigenvalue weighted by Crippen LogP contribution is 2.27. The second-order valence-corrected chi connectivity index (χ2v) is 12.0. The van der Waals surface area contributed by atoms with Gasteiger partial charge in [0.25, 0.3) is 5.91 Å². The van der Waals surface area contributed by atoms with Gasteiger partial charge in [-0.1, -0.05) is 33.8 Å². The van der Waals surface area contributed by atoms with Crippen LogP contribution in [0.2, 0.25) is 0 Å². The van der Waals surface area contributed by atoms with Crippen molar-refractivity contribution in [3.63, 3.8) is 0 Å². The average molecular weight is 686 g/mol. The number of allylic oxidation sites excluding steroid dienone is 1. The number of amides is 2. The zero-order chi connectivity index (χ0) is 35.9. The molecule has 14 nitrogen and oxygen atoms in total. The lowest BCUT2D eigenvalue weighted by molar-refractivity contribution is -0.115. The smallest absolute Gasteiger partial charge is 0.279 e. The Kier molecular flexibility index (Phi) is 14.6. The van der Waals surface area contributed by atoms with E-state index in [0.717, 1.165) is 88.6 Å². The predicted molar refractivity (Wildman–Crippen MR) is 198 cm³/mol. The van der Waals surface area contributed by atoms with E-state index in [-0.39, 0.29) is 17.4 Å². The van der Waals surface area contributed by atoms with Crippen LogP contribution in [0.15, 0.2) is 64.1 Å². The molecule has 2 heterocycles. The van der Waals surface area contributed by atoms with Gasteiger partial charge in [0.1, 0.15) is 11.6 Å². The zero-order valence-electron chi connectivity index (χ0n) is 29.9. The first-order valence-corrected chi connectivity index (χ1v) is 17.6.